The molecule has 2 aliphatic rings. The lowest BCUT2D eigenvalue weighted by atomic mass is 9.97. The molecule has 0 aromatic heterocycles. The van der Waals surface area contributed by atoms with Gasteiger partial charge in [0.2, 0.25) is 5.91 Å². The maximum Gasteiger partial charge on any atom is 0.225 e. The predicted molar refractivity (Wildman–Crippen MR) is 79.7 cm³/mol. The van der Waals surface area contributed by atoms with Crippen LogP contribution in [0.15, 0.2) is 24.3 Å². The van der Waals surface area contributed by atoms with Crippen molar-refractivity contribution in [3.63, 3.8) is 0 Å². The summed E-state index contributed by atoms with van der Waals surface area (Å²) in [5.41, 5.74) is 0.0549. The molecule has 1 amide bonds. The van der Waals surface area contributed by atoms with Crippen LogP contribution in [0, 0.1) is 5.82 Å². The minimum Gasteiger partial charge on any atom is -0.389 e. The Morgan fingerprint density at radius 3 is 2.68 bits per heavy atom. The van der Waals surface area contributed by atoms with E-state index in [0.29, 0.717) is 32.5 Å². The smallest absolute Gasteiger partial charge is 0.225 e. The third-order valence-corrected chi connectivity index (χ3v) is 4.68. The van der Waals surface area contributed by atoms with Gasteiger partial charge in [-0.15, -0.1) is 0 Å². The Morgan fingerprint density at radius 2 is 2.00 bits per heavy atom. The quantitative estimate of drug-likeness (QED) is 0.933. The molecule has 1 N–H and O–H groups in total. The highest BCUT2D eigenvalue weighted by molar-refractivity contribution is 5.77. The monoisotopic (exact) mass is 307 g/mol. The van der Waals surface area contributed by atoms with Gasteiger partial charge in [-0.2, -0.15) is 0 Å². The molecule has 0 radical (unpaired) electrons. The molecule has 0 bridgehead atoms. The molecule has 1 heterocycles. The van der Waals surface area contributed by atoms with Crippen molar-refractivity contribution < 1.29 is 19.0 Å². The maximum absolute atomic E-state index is 13.0. The fourth-order valence-electron chi connectivity index (χ4n) is 3.36. The average Bonchev–Trinajstić information content (AvgIpc) is 2.94. The highest BCUT2D eigenvalue weighted by Crippen LogP contribution is 2.33. The maximum atomic E-state index is 13.0. The highest BCUT2D eigenvalue weighted by Gasteiger charge is 2.36. The summed E-state index contributed by atoms with van der Waals surface area (Å²) in [6.07, 6.45) is 3.38. The number of amides is 1. The average molecular weight is 307 g/mol. The number of rotatable bonds is 3. The molecule has 1 aliphatic carbocycles. The molecular formula is C17H22FNO3. The van der Waals surface area contributed by atoms with E-state index in [1.165, 1.54) is 12.1 Å². The first-order chi connectivity index (χ1) is 10.6. The van der Waals surface area contributed by atoms with Crippen molar-refractivity contribution in [2.45, 2.75) is 43.8 Å². The third kappa shape index (κ3) is 3.47. The van der Waals surface area contributed by atoms with Crippen LogP contribution in [0.1, 0.15) is 43.8 Å². The van der Waals surface area contributed by atoms with E-state index < -0.39 is 5.60 Å². The number of hydrogen-bond acceptors (Lipinski definition) is 3. The number of hydrogen-bond donors (Lipinski definition) is 1. The number of morpholine rings is 1. The van der Waals surface area contributed by atoms with E-state index in [9.17, 15) is 14.3 Å². The van der Waals surface area contributed by atoms with Crippen LogP contribution >= 0.6 is 0 Å². The molecule has 2 fully saturated rings. The zero-order valence-electron chi connectivity index (χ0n) is 12.6. The molecule has 120 valence electrons. The van der Waals surface area contributed by atoms with Gasteiger partial charge in [0.15, 0.2) is 0 Å². The second-order valence-electron chi connectivity index (χ2n) is 6.36. The molecule has 1 atom stereocenters. The topological polar surface area (TPSA) is 49.8 Å². The Bertz CT molecular complexity index is 525. The van der Waals surface area contributed by atoms with Gasteiger partial charge >= 0.3 is 0 Å². The van der Waals surface area contributed by atoms with Crippen LogP contribution in [0.25, 0.3) is 0 Å². The number of halogens is 1. The zero-order valence-corrected chi connectivity index (χ0v) is 12.6. The second kappa shape index (κ2) is 6.34. The molecule has 1 aliphatic heterocycles. The Kier molecular flexibility index (Phi) is 4.45. The first-order valence-corrected chi connectivity index (χ1v) is 7.93. The first kappa shape index (κ1) is 15.4. The number of carbonyl (C=O) groups excluding carboxylic acids is 1. The van der Waals surface area contributed by atoms with Crippen molar-refractivity contribution in [3.8, 4) is 0 Å². The minimum absolute atomic E-state index is 0.0141. The summed E-state index contributed by atoms with van der Waals surface area (Å²) in [6, 6.07) is 6.19. The molecule has 1 saturated carbocycles. The van der Waals surface area contributed by atoms with Gasteiger partial charge in [0, 0.05) is 6.54 Å². The van der Waals surface area contributed by atoms with Gasteiger partial charge in [0.1, 0.15) is 11.9 Å². The van der Waals surface area contributed by atoms with Gasteiger partial charge in [0.05, 0.1) is 25.2 Å². The molecule has 4 nitrogen and oxygen atoms in total. The van der Waals surface area contributed by atoms with Crippen LogP contribution in [0.5, 0.6) is 0 Å². The van der Waals surface area contributed by atoms with Crippen LogP contribution in [0.2, 0.25) is 0 Å². The Hall–Kier alpha value is -1.46. The fraction of sp³-hybridized carbons (Fsp3) is 0.588. The van der Waals surface area contributed by atoms with Crippen LogP contribution in [-0.4, -0.2) is 41.2 Å². The molecular weight excluding hydrogens is 285 g/mol. The van der Waals surface area contributed by atoms with E-state index in [2.05, 4.69) is 0 Å². The van der Waals surface area contributed by atoms with Crippen molar-refractivity contribution in [2.24, 2.45) is 0 Å². The van der Waals surface area contributed by atoms with E-state index >= 15 is 0 Å². The fourth-order valence-corrected chi connectivity index (χ4v) is 3.36. The van der Waals surface area contributed by atoms with Crippen molar-refractivity contribution in [1.29, 1.82) is 0 Å². The summed E-state index contributed by atoms with van der Waals surface area (Å²) >= 11 is 0. The summed E-state index contributed by atoms with van der Waals surface area (Å²) in [5, 5.41) is 10.4. The summed E-state index contributed by atoms with van der Waals surface area (Å²) in [7, 11) is 0. The van der Waals surface area contributed by atoms with Gasteiger partial charge in [0.25, 0.3) is 0 Å². The lowest BCUT2D eigenvalue weighted by molar-refractivity contribution is -0.144. The second-order valence-corrected chi connectivity index (χ2v) is 6.36. The molecule has 1 aromatic carbocycles. The molecule has 0 spiro atoms. The molecule has 3 rings (SSSR count). The van der Waals surface area contributed by atoms with Gasteiger partial charge in [-0.3, -0.25) is 4.79 Å². The lowest BCUT2D eigenvalue weighted by Gasteiger charge is -2.35. The number of nitrogens with zero attached hydrogens (tertiary/aromatic N) is 1. The number of ether oxygens (including phenoxy) is 1. The Balaban J connectivity index is 1.62. The zero-order chi connectivity index (χ0) is 15.6. The Morgan fingerprint density at radius 1 is 1.32 bits per heavy atom. The van der Waals surface area contributed by atoms with Gasteiger partial charge in [-0.1, -0.05) is 25.0 Å². The summed E-state index contributed by atoms with van der Waals surface area (Å²) < 4.78 is 18.7. The van der Waals surface area contributed by atoms with Gasteiger partial charge in [-0.25, -0.2) is 4.39 Å². The van der Waals surface area contributed by atoms with E-state index in [1.54, 1.807) is 17.0 Å². The molecule has 1 aromatic rings. The van der Waals surface area contributed by atoms with Crippen LogP contribution in [0.3, 0.4) is 0 Å². The lowest BCUT2D eigenvalue weighted by Crippen LogP contribution is -2.45. The summed E-state index contributed by atoms with van der Waals surface area (Å²) in [5.74, 6) is -0.296. The number of aliphatic hydroxyl groups is 1. The highest BCUT2D eigenvalue weighted by atomic mass is 19.1. The number of benzene rings is 1. The van der Waals surface area contributed by atoms with Crippen molar-refractivity contribution in [3.05, 3.63) is 35.6 Å². The minimum atomic E-state index is -0.819. The van der Waals surface area contributed by atoms with Crippen LogP contribution in [0.4, 0.5) is 4.39 Å². The molecule has 1 saturated heterocycles. The van der Waals surface area contributed by atoms with Crippen LogP contribution in [-0.2, 0) is 9.53 Å². The van der Waals surface area contributed by atoms with Gasteiger partial charge < -0.3 is 14.7 Å². The summed E-state index contributed by atoms with van der Waals surface area (Å²) in [6.45, 7) is 1.47. The van der Waals surface area contributed by atoms with E-state index in [-0.39, 0.29) is 24.2 Å². The molecule has 5 heteroatoms. The van der Waals surface area contributed by atoms with E-state index in [1.807, 2.05) is 0 Å². The standard InChI is InChI=1S/C17H22FNO3/c18-14-5-3-13(4-6-14)15-12-19(9-10-22-15)16(20)11-17(21)7-1-2-8-17/h3-6,15,21H,1-2,7-12H2. The Labute approximate surface area is 129 Å². The van der Waals surface area contributed by atoms with Gasteiger partial charge in [-0.05, 0) is 30.5 Å². The summed E-state index contributed by atoms with van der Waals surface area (Å²) in [4.78, 5) is 14.2. The third-order valence-electron chi connectivity index (χ3n) is 4.68. The van der Waals surface area contributed by atoms with Crippen molar-refractivity contribution in [2.75, 3.05) is 19.7 Å². The normalized spacial score (nSPS) is 24.5. The van der Waals surface area contributed by atoms with Crippen LogP contribution < -0.4 is 0 Å². The van der Waals surface area contributed by atoms with E-state index in [4.69, 9.17) is 4.74 Å². The predicted octanol–water partition coefficient (Wildman–Crippen LogP) is 2.42. The van der Waals surface area contributed by atoms with E-state index in [0.717, 1.165) is 18.4 Å². The van der Waals surface area contributed by atoms with Crippen molar-refractivity contribution >= 4 is 5.91 Å². The molecule has 22 heavy (non-hydrogen) atoms. The molecule has 1 unspecified atom stereocenters. The SMILES string of the molecule is O=C(CC1(O)CCCC1)N1CCOC(c2ccc(F)cc2)C1. The number of carbonyl (C=O) groups is 1. The first-order valence-electron chi connectivity index (χ1n) is 7.93. The van der Waals surface area contributed by atoms with Crippen molar-refractivity contribution in [1.82, 2.24) is 4.90 Å². The largest absolute Gasteiger partial charge is 0.389 e.